The summed E-state index contributed by atoms with van der Waals surface area (Å²) >= 11 is 4.05. The monoisotopic (exact) mass is 481 g/mol. The zero-order chi connectivity index (χ0) is 18.1. The SMILES string of the molecule is Cc1cccc(-c2sc(C3CC3)nc2C(=O)N2CCC[C@@H](NCI)C2)c1. The van der Waals surface area contributed by atoms with E-state index in [1.807, 2.05) is 4.90 Å². The number of carbonyl (C=O) groups excluding carboxylic acids is 1. The maximum Gasteiger partial charge on any atom is 0.274 e. The van der Waals surface area contributed by atoms with E-state index in [2.05, 4.69) is 59.1 Å². The quantitative estimate of drug-likeness (QED) is 0.386. The number of nitrogens with one attached hydrogen (secondary N) is 1. The largest absolute Gasteiger partial charge is 0.336 e. The second kappa shape index (κ2) is 7.94. The molecular formula is C20H24IN3OS. The van der Waals surface area contributed by atoms with Crippen molar-refractivity contribution in [2.75, 3.05) is 17.6 Å². The van der Waals surface area contributed by atoms with Gasteiger partial charge in [0.25, 0.3) is 5.91 Å². The number of amides is 1. The lowest BCUT2D eigenvalue weighted by Gasteiger charge is -2.32. The van der Waals surface area contributed by atoms with Crippen molar-refractivity contribution >= 4 is 39.8 Å². The molecule has 1 saturated heterocycles. The van der Waals surface area contributed by atoms with E-state index < -0.39 is 0 Å². The van der Waals surface area contributed by atoms with E-state index in [1.54, 1.807) is 11.3 Å². The number of thiazole rings is 1. The molecule has 4 rings (SSSR count). The lowest BCUT2D eigenvalue weighted by Crippen LogP contribution is -2.47. The first-order valence-corrected chi connectivity index (χ1v) is 11.7. The molecule has 1 N–H and O–H groups in total. The summed E-state index contributed by atoms with van der Waals surface area (Å²) in [4.78, 5) is 21.2. The third-order valence-electron chi connectivity index (χ3n) is 5.13. The van der Waals surface area contributed by atoms with Gasteiger partial charge in [-0.1, -0.05) is 52.4 Å². The number of carbonyl (C=O) groups is 1. The van der Waals surface area contributed by atoms with Crippen LogP contribution in [-0.2, 0) is 0 Å². The molecule has 1 aromatic heterocycles. The molecule has 0 radical (unpaired) electrons. The van der Waals surface area contributed by atoms with Crippen molar-refractivity contribution in [2.24, 2.45) is 0 Å². The van der Waals surface area contributed by atoms with Gasteiger partial charge in [-0.15, -0.1) is 11.3 Å². The fourth-order valence-corrected chi connectivity index (χ4v) is 5.40. The molecule has 138 valence electrons. The first kappa shape index (κ1) is 18.4. The molecule has 2 aromatic rings. The van der Waals surface area contributed by atoms with Crippen LogP contribution in [0.1, 0.15) is 52.7 Å². The molecule has 1 aromatic carbocycles. The van der Waals surface area contributed by atoms with E-state index in [0.717, 1.165) is 45.9 Å². The smallest absolute Gasteiger partial charge is 0.274 e. The normalized spacial score (nSPS) is 20.4. The molecule has 0 unspecified atom stereocenters. The topological polar surface area (TPSA) is 45.2 Å². The lowest BCUT2D eigenvalue weighted by molar-refractivity contribution is 0.0693. The first-order valence-electron chi connectivity index (χ1n) is 9.32. The predicted octanol–water partition coefficient (Wildman–Crippen LogP) is 4.58. The van der Waals surface area contributed by atoms with Crippen LogP contribution in [0.15, 0.2) is 24.3 Å². The standard InChI is InChI=1S/C20H24IN3OS/c1-13-4-2-5-15(10-13)18-17(23-19(26-18)14-7-8-14)20(25)24-9-3-6-16(11-24)22-12-21/h2,4-5,10,14,16,22H,3,6-9,11-12H2,1H3/t16-/m1/s1. The third-order valence-corrected chi connectivity index (χ3v) is 6.83. The van der Waals surface area contributed by atoms with Gasteiger partial charge in [-0.3, -0.25) is 4.79 Å². The molecule has 1 aliphatic carbocycles. The lowest BCUT2D eigenvalue weighted by atomic mass is 10.0. The number of aryl methyl sites for hydroxylation is 1. The van der Waals surface area contributed by atoms with Crippen LogP contribution in [-0.4, -0.2) is 39.5 Å². The van der Waals surface area contributed by atoms with Crippen LogP contribution >= 0.6 is 33.9 Å². The van der Waals surface area contributed by atoms with Crippen LogP contribution in [0.25, 0.3) is 10.4 Å². The summed E-state index contributed by atoms with van der Waals surface area (Å²) in [6, 6.07) is 8.83. The van der Waals surface area contributed by atoms with Crippen molar-refractivity contribution in [2.45, 2.75) is 44.6 Å². The number of nitrogens with zero attached hydrogens (tertiary/aromatic N) is 2. The van der Waals surface area contributed by atoms with E-state index in [-0.39, 0.29) is 5.91 Å². The van der Waals surface area contributed by atoms with Gasteiger partial charge in [0, 0.05) is 29.6 Å². The Morgan fingerprint density at radius 2 is 2.23 bits per heavy atom. The molecule has 1 saturated carbocycles. The number of aromatic nitrogens is 1. The van der Waals surface area contributed by atoms with Gasteiger partial charge >= 0.3 is 0 Å². The fraction of sp³-hybridized carbons (Fsp3) is 0.500. The average molecular weight is 481 g/mol. The summed E-state index contributed by atoms with van der Waals surface area (Å²) in [5, 5.41) is 4.63. The zero-order valence-electron chi connectivity index (χ0n) is 15.0. The minimum atomic E-state index is 0.101. The molecular weight excluding hydrogens is 457 g/mol. The Kier molecular flexibility index (Phi) is 5.61. The Bertz CT molecular complexity index is 800. The summed E-state index contributed by atoms with van der Waals surface area (Å²) in [6.45, 7) is 3.71. The van der Waals surface area contributed by atoms with Crippen LogP contribution in [0.5, 0.6) is 0 Å². The molecule has 0 spiro atoms. The minimum absolute atomic E-state index is 0.101. The second-order valence-electron chi connectivity index (χ2n) is 7.30. The Balaban J connectivity index is 1.65. The zero-order valence-corrected chi connectivity index (χ0v) is 18.0. The summed E-state index contributed by atoms with van der Waals surface area (Å²) in [7, 11) is 0. The third kappa shape index (κ3) is 3.97. The van der Waals surface area contributed by atoms with Gasteiger partial charge < -0.3 is 10.2 Å². The number of hydrogen-bond acceptors (Lipinski definition) is 4. The number of halogens is 1. The summed E-state index contributed by atoms with van der Waals surface area (Å²) < 4.78 is 0.918. The van der Waals surface area contributed by atoms with E-state index in [9.17, 15) is 4.79 Å². The van der Waals surface area contributed by atoms with Crippen molar-refractivity contribution in [3.05, 3.63) is 40.5 Å². The number of piperidine rings is 1. The van der Waals surface area contributed by atoms with Crippen molar-refractivity contribution in [3.8, 4) is 10.4 Å². The number of hydrogen-bond donors (Lipinski definition) is 1. The summed E-state index contributed by atoms with van der Waals surface area (Å²) in [5.41, 5.74) is 3.00. The molecule has 6 heteroatoms. The van der Waals surface area contributed by atoms with E-state index in [0.29, 0.717) is 17.7 Å². The maximum absolute atomic E-state index is 13.3. The number of alkyl halides is 1. The van der Waals surface area contributed by atoms with Crippen LogP contribution in [0.2, 0.25) is 0 Å². The number of rotatable bonds is 5. The van der Waals surface area contributed by atoms with Crippen LogP contribution < -0.4 is 5.32 Å². The minimum Gasteiger partial charge on any atom is -0.336 e. The highest BCUT2D eigenvalue weighted by atomic mass is 127. The Morgan fingerprint density at radius 1 is 1.38 bits per heavy atom. The first-order chi connectivity index (χ1) is 12.7. The molecule has 4 nitrogen and oxygen atoms in total. The highest BCUT2D eigenvalue weighted by Crippen LogP contribution is 2.45. The van der Waals surface area contributed by atoms with Gasteiger partial charge in [0.2, 0.25) is 0 Å². The summed E-state index contributed by atoms with van der Waals surface area (Å²) in [5.74, 6) is 0.671. The van der Waals surface area contributed by atoms with Crippen LogP contribution in [0.4, 0.5) is 0 Å². The highest BCUT2D eigenvalue weighted by molar-refractivity contribution is 14.1. The molecule has 2 fully saturated rings. The van der Waals surface area contributed by atoms with E-state index >= 15 is 0 Å². The molecule has 1 amide bonds. The number of likely N-dealkylation sites (tertiary alicyclic amines) is 1. The molecule has 2 heterocycles. The molecule has 1 aliphatic heterocycles. The summed E-state index contributed by atoms with van der Waals surface area (Å²) in [6.07, 6.45) is 4.61. The maximum atomic E-state index is 13.3. The molecule has 1 atom stereocenters. The average Bonchev–Trinajstić information content (AvgIpc) is 3.40. The van der Waals surface area contributed by atoms with Gasteiger partial charge in [-0.25, -0.2) is 4.98 Å². The van der Waals surface area contributed by atoms with Crippen molar-refractivity contribution in [1.82, 2.24) is 15.2 Å². The predicted molar refractivity (Wildman–Crippen MR) is 115 cm³/mol. The van der Waals surface area contributed by atoms with Crippen LogP contribution in [0.3, 0.4) is 0 Å². The van der Waals surface area contributed by atoms with Gasteiger partial charge in [0.15, 0.2) is 0 Å². The van der Waals surface area contributed by atoms with E-state index in [4.69, 9.17) is 4.98 Å². The van der Waals surface area contributed by atoms with Gasteiger partial charge in [-0.05, 0) is 38.2 Å². The fourth-order valence-electron chi connectivity index (χ4n) is 3.56. The van der Waals surface area contributed by atoms with Gasteiger partial charge in [0.05, 0.1) is 9.88 Å². The Hall–Kier alpha value is -0.990. The Labute approximate surface area is 172 Å². The van der Waals surface area contributed by atoms with Gasteiger partial charge in [-0.2, -0.15) is 0 Å². The second-order valence-corrected chi connectivity index (χ2v) is 9.10. The molecule has 2 aliphatic rings. The van der Waals surface area contributed by atoms with Crippen molar-refractivity contribution in [1.29, 1.82) is 0 Å². The van der Waals surface area contributed by atoms with E-state index in [1.165, 1.54) is 18.4 Å². The Morgan fingerprint density at radius 3 is 2.96 bits per heavy atom. The van der Waals surface area contributed by atoms with Crippen molar-refractivity contribution in [3.63, 3.8) is 0 Å². The highest BCUT2D eigenvalue weighted by Gasteiger charge is 2.33. The van der Waals surface area contributed by atoms with Crippen molar-refractivity contribution < 1.29 is 4.79 Å². The molecule has 0 bridgehead atoms. The number of benzene rings is 1. The van der Waals surface area contributed by atoms with Gasteiger partial charge in [0.1, 0.15) is 5.69 Å². The van der Waals surface area contributed by atoms with Crippen LogP contribution in [0, 0.1) is 6.92 Å². The molecule has 26 heavy (non-hydrogen) atoms.